The molecule has 0 amide bonds. The van der Waals surface area contributed by atoms with E-state index in [4.69, 9.17) is 0 Å². The molecule has 0 saturated heterocycles. The minimum Gasteiger partial charge on any atom is -0.355 e. The molecule has 0 aromatic heterocycles. The molecule has 2 heteroatoms. The fraction of sp³-hybridized carbons (Fsp3) is 0.190. The molecule has 120 valence electrons. The smallest absolute Gasteiger partial charge is 0.159 e. The van der Waals surface area contributed by atoms with Crippen LogP contribution in [0.3, 0.4) is 0 Å². The monoisotopic (exact) mass is 307 g/mol. The second-order valence-corrected chi connectivity index (χ2v) is 4.79. The summed E-state index contributed by atoms with van der Waals surface area (Å²) in [4.78, 5) is 11.3. The lowest BCUT2D eigenvalue weighted by atomic mass is 10.1. The predicted molar refractivity (Wildman–Crippen MR) is 102 cm³/mol. The first-order valence-electron chi connectivity index (χ1n) is 7.60. The van der Waals surface area contributed by atoms with Crippen LogP contribution >= 0.6 is 0 Å². The highest BCUT2D eigenvalue weighted by Crippen LogP contribution is 2.26. The molecule has 2 nitrogen and oxygen atoms in total. The molecule has 3 rings (SSSR count). The van der Waals surface area contributed by atoms with Crippen LogP contribution in [-0.2, 0) is 0 Å². The molecule has 0 spiro atoms. The molecule has 1 N–H and O–H groups in total. The number of benzene rings is 3. The van der Waals surface area contributed by atoms with Gasteiger partial charge in [0.25, 0.3) is 0 Å². The van der Waals surface area contributed by atoms with Crippen molar-refractivity contribution in [2.75, 3.05) is 5.32 Å². The molecule has 3 aromatic carbocycles. The Labute approximate surface area is 139 Å². The van der Waals surface area contributed by atoms with Gasteiger partial charge in [-0.3, -0.25) is 4.79 Å². The lowest BCUT2D eigenvalue weighted by Crippen LogP contribution is -1.94. The third-order valence-corrected chi connectivity index (χ3v) is 3.36. The normalized spacial score (nSPS) is 9.35. The Morgan fingerprint density at radius 1 is 0.826 bits per heavy atom. The number of hydrogen-bond acceptors (Lipinski definition) is 2. The van der Waals surface area contributed by atoms with Gasteiger partial charge in [-0.25, -0.2) is 0 Å². The molecule has 0 aliphatic heterocycles. The molecule has 0 unspecified atom stereocenters. The summed E-state index contributed by atoms with van der Waals surface area (Å²) in [6.07, 6.45) is 0. The maximum Gasteiger partial charge on any atom is 0.159 e. The number of anilines is 2. The first-order valence-corrected chi connectivity index (χ1v) is 7.60. The summed E-state index contributed by atoms with van der Waals surface area (Å²) in [5.41, 5.74) is 2.78. The van der Waals surface area contributed by atoms with Gasteiger partial charge in [0, 0.05) is 22.3 Å². The van der Waals surface area contributed by atoms with E-state index in [0.717, 1.165) is 16.9 Å². The van der Waals surface area contributed by atoms with E-state index >= 15 is 0 Å². The number of fused-ring (bicyclic) bond motifs is 1. The predicted octanol–water partition coefficient (Wildman–Crippen LogP) is 6.45. The Kier molecular flexibility index (Phi) is 7.01. The fourth-order valence-corrected chi connectivity index (χ4v) is 2.28. The number of Topliss-reactive ketones (excluding diaryl/α,β-unsaturated/α-hetero) is 1. The summed E-state index contributed by atoms with van der Waals surface area (Å²) in [5, 5.41) is 5.79. The minimum absolute atomic E-state index is 0. The van der Waals surface area contributed by atoms with Crippen LogP contribution in [0.15, 0.2) is 66.7 Å². The maximum absolute atomic E-state index is 11.3. The van der Waals surface area contributed by atoms with Crippen LogP contribution in [0, 0.1) is 0 Å². The van der Waals surface area contributed by atoms with E-state index in [0.29, 0.717) is 0 Å². The largest absolute Gasteiger partial charge is 0.355 e. The number of carbonyl (C=O) groups excluding carboxylic acids is 1. The van der Waals surface area contributed by atoms with Crippen LogP contribution in [0.2, 0.25) is 0 Å². The molecule has 0 aliphatic carbocycles. The molecule has 0 saturated carbocycles. The van der Waals surface area contributed by atoms with Gasteiger partial charge >= 0.3 is 0 Å². The van der Waals surface area contributed by atoms with E-state index in [-0.39, 0.29) is 13.2 Å². The second kappa shape index (κ2) is 8.74. The van der Waals surface area contributed by atoms with Crippen LogP contribution in [0.5, 0.6) is 0 Å². The summed E-state index contributed by atoms with van der Waals surface area (Å²) in [5.74, 6) is 0.0849. The molecule has 0 radical (unpaired) electrons. The van der Waals surface area contributed by atoms with E-state index in [1.54, 1.807) is 6.92 Å². The van der Waals surface area contributed by atoms with Crippen molar-refractivity contribution in [2.24, 2.45) is 0 Å². The van der Waals surface area contributed by atoms with Crippen molar-refractivity contribution >= 4 is 27.9 Å². The van der Waals surface area contributed by atoms with Gasteiger partial charge in [-0.05, 0) is 42.6 Å². The van der Waals surface area contributed by atoms with Crippen molar-refractivity contribution in [1.29, 1.82) is 0 Å². The first kappa shape index (κ1) is 18.4. The van der Waals surface area contributed by atoms with E-state index < -0.39 is 0 Å². The Morgan fingerprint density at radius 3 is 2.09 bits per heavy atom. The van der Waals surface area contributed by atoms with Crippen molar-refractivity contribution in [3.05, 3.63) is 72.3 Å². The van der Waals surface area contributed by atoms with E-state index in [2.05, 4.69) is 29.6 Å². The van der Waals surface area contributed by atoms with Gasteiger partial charge in [0.05, 0.1) is 0 Å². The molecular weight excluding hydrogens is 282 g/mol. The van der Waals surface area contributed by atoms with Gasteiger partial charge < -0.3 is 5.32 Å². The van der Waals surface area contributed by atoms with Crippen LogP contribution < -0.4 is 5.32 Å². The van der Waals surface area contributed by atoms with Crippen molar-refractivity contribution in [1.82, 2.24) is 0 Å². The quantitative estimate of drug-likeness (QED) is 0.563. The average Bonchev–Trinajstić information content (AvgIpc) is 2.57. The SMILES string of the molecule is C.CC.CC(=O)c1ccc(Nc2cccc3ccccc23)cc1. The summed E-state index contributed by atoms with van der Waals surface area (Å²) in [7, 11) is 0. The maximum atomic E-state index is 11.3. The van der Waals surface area contributed by atoms with Crippen molar-refractivity contribution in [3.63, 3.8) is 0 Å². The highest BCUT2D eigenvalue weighted by Gasteiger charge is 2.02. The number of hydrogen-bond donors (Lipinski definition) is 1. The van der Waals surface area contributed by atoms with E-state index in [9.17, 15) is 4.79 Å². The zero-order valence-corrected chi connectivity index (χ0v) is 13.3. The number of ketones is 1. The van der Waals surface area contributed by atoms with Crippen LogP contribution in [-0.4, -0.2) is 5.78 Å². The van der Waals surface area contributed by atoms with E-state index in [1.807, 2.05) is 56.3 Å². The van der Waals surface area contributed by atoms with Crippen LogP contribution in [0.25, 0.3) is 10.8 Å². The Morgan fingerprint density at radius 2 is 1.43 bits per heavy atom. The second-order valence-electron chi connectivity index (χ2n) is 4.79. The van der Waals surface area contributed by atoms with Gasteiger partial charge in [-0.15, -0.1) is 0 Å². The topological polar surface area (TPSA) is 29.1 Å². The molecule has 0 fully saturated rings. The van der Waals surface area contributed by atoms with Gasteiger partial charge in [0.1, 0.15) is 0 Å². The number of carbonyl (C=O) groups is 1. The van der Waals surface area contributed by atoms with Gasteiger partial charge in [0.15, 0.2) is 5.78 Å². The molecule has 3 aromatic rings. The molecule has 0 aliphatic rings. The van der Waals surface area contributed by atoms with Crippen LogP contribution in [0.1, 0.15) is 38.6 Å². The van der Waals surface area contributed by atoms with Crippen molar-refractivity contribution in [2.45, 2.75) is 28.2 Å². The van der Waals surface area contributed by atoms with Gasteiger partial charge in [0.2, 0.25) is 0 Å². The number of rotatable bonds is 3. The minimum atomic E-state index is 0. The first-order chi connectivity index (χ1) is 10.7. The van der Waals surface area contributed by atoms with Crippen molar-refractivity contribution in [3.8, 4) is 0 Å². The summed E-state index contributed by atoms with van der Waals surface area (Å²) in [6, 6.07) is 22.0. The van der Waals surface area contributed by atoms with E-state index in [1.165, 1.54) is 10.8 Å². The molecule has 0 bridgehead atoms. The average molecular weight is 307 g/mol. The summed E-state index contributed by atoms with van der Waals surface area (Å²) in [6.45, 7) is 5.58. The highest BCUT2D eigenvalue weighted by atomic mass is 16.1. The van der Waals surface area contributed by atoms with Crippen molar-refractivity contribution < 1.29 is 4.79 Å². The third kappa shape index (κ3) is 4.43. The molecule has 0 heterocycles. The zero-order valence-electron chi connectivity index (χ0n) is 13.3. The molecular formula is C21H25NO. The standard InChI is InChI=1S/C18H15NO.C2H6.CH4/c1-13(20)14-9-11-16(12-10-14)19-18-8-4-6-15-5-2-3-7-17(15)18;1-2;/h2-12,19H,1H3;1-2H3;1H4. The summed E-state index contributed by atoms with van der Waals surface area (Å²) < 4.78 is 0. The number of nitrogens with one attached hydrogen (secondary N) is 1. The fourth-order valence-electron chi connectivity index (χ4n) is 2.28. The molecule has 23 heavy (non-hydrogen) atoms. The Balaban J connectivity index is 0.000000849. The Hall–Kier alpha value is -2.61. The highest BCUT2D eigenvalue weighted by molar-refractivity contribution is 5.96. The van der Waals surface area contributed by atoms with Gasteiger partial charge in [-0.1, -0.05) is 57.7 Å². The lowest BCUT2D eigenvalue weighted by Gasteiger charge is -2.10. The van der Waals surface area contributed by atoms with Gasteiger partial charge in [-0.2, -0.15) is 0 Å². The third-order valence-electron chi connectivity index (χ3n) is 3.36. The Bertz CT molecular complexity index is 755. The van der Waals surface area contributed by atoms with Crippen LogP contribution in [0.4, 0.5) is 11.4 Å². The lowest BCUT2D eigenvalue weighted by molar-refractivity contribution is 0.101. The molecule has 0 atom stereocenters. The summed E-state index contributed by atoms with van der Waals surface area (Å²) >= 11 is 0. The zero-order chi connectivity index (χ0) is 15.9.